The van der Waals surface area contributed by atoms with Crippen LogP contribution in [0.4, 0.5) is 11.4 Å². The normalized spacial score (nSPS) is 10.3. The van der Waals surface area contributed by atoms with E-state index in [0.29, 0.717) is 34.2 Å². The number of hydrazone groups is 1. The summed E-state index contributed by atoms with van der Waals surface area (Å²) < 4.78 is 15.7. The lowest BCUT2D eigenvalue weighted by Crippen LogP contribution is -2.32. The van der Waals surface area contributed by atoms with E-state index in [2.05, 4.69) is 21.2 Å². The SMILES string of the molecule is COc1cccc(NC(=O)COc2ccc(C=NNC(=O)C(=O)Nc3cccc(OC)c3)cc2)c1. The van der Waals surface area contributed by atoms with E-state index in [1.165, 1.54) is 13.3 Å². The van der Waals surface area contributed by atoms with Crippen LogP contribution in [0, 0.1) is 0 Å². The molecule has 0 aliphatic heterocycles. The summed E-state index contributed by atoms with van der Waals surface area (Å²) in [5.74, 6) is -0.457. The molecule has 0 aromatic heterocycles. The van der Waals surface area contributed by atoms with Crippen molar-refractivity contribution in [1.82, 2.24) is 5.43 Å². The van der Waals surface area contributed by atoms with Crippen molar-refractivity contribution in [3.05, 3.63) is 78.4 Å². The zero-order valence-corrected chi connectivity index (χ0v) is 19.1. The van der Waals surface area contributed by atoms with Gasteiger partial charge in [0.25, 0.3) is 5.91 Å². The van der Waals surface area contributed by atoms with Crippen LogP contribution in [0.3, 0.4) is 0 Å². The smallest absolute Gasteiger partial charge is 0.329 e. The highest BCUT2D eigenvalue weighted by molar-refractivity contribution is 6.39. The molecule has 0 saturated carbocycles. The molecule has 3 rings (SSSR count). The molecule has 0 aliphatic carbocycles. The molecule has 35 heavy (non-hydrogen) atoms. The van der Waals surface area contributed by atoms with E-state index in [1.807, 2.05) is 0 Å². The molecule has 0 atom stereocenters. The molecule has 10 heteroatoms. The second-order valence-corrected chi connectivity index (χ2v) is 7.02. The summed E-state index contributed by atoms with van der Waals surface area (Å²) in [4.78, 5) is 36.0. The Morgan fingerprint density at radius 1 is 0.771 bits per heavy atom. The summed E-state index contributed by atoms with van der Waals surface area (Å²) in [6, 6.07) is 20.3. The Balaban J connectivity index is 1.43. The van der Waals surface area contributed by atoms with Gasteiger partial charge in [0.2, 0.25) is 0 Å². The number of methoxy groups -OCH3 is 2. The number of carbonyl (C=O) groups is 3. The number of carbonyl (C=O) groups excluding carboxylic acids is 3. The van der Waals surface area contributed by atoms with Crippen molar-refractivity contribution in [2.24, 2.45) is 5.10 Å². The molecule has 3 aromatic carbocycles. The molecule has 0 bridgehead atoms. The van der Waals surface area contributed by atoms with Crippen LogP contribution in [-0.4, -0.2) is 44.8 Å². The van der Waals surface area contributed by atoms with Crippen LogP contribution < -0.4 is 30.3 Å². The Morgan fingerprint density at radius 3 is 1.97 bits per heavy atom. The predicted octanol–water partition coefficient (Wildman–Crippen LogP) is 2.81. The quantitative estimate of drug-likeness (QED) is 0.248. The Labute approximate surface area is 201 Å². The molecule has 0 fully saturated rings. The van der Waals surface area contributed by atoms with E-state index in [0.717, 1.165) is 0 Å². The first kappa shape index (κ1) is 24.8. The number of hydrogen-bond acceptors (Lipinski definition) is 7. The lowest BCUT2D eigenvalue weighted by atomic mass is 10.2. The van der Waals surface area contributed by atoms with Crippen LogP contribution in [0.15, 0.2) is 77.9 Å². The maximum atomic E-state index is 12.1. The Bertz CT molecular complexity index is 1210. The van der Waals surface area contributed by atoms with E-state index in [4.69, 9.17) is 14.2 Å². The number of rotatable bonds is 9. The zero-order chi connectivity index (χ0) is 25.0. The van der Waals surface area contributed by atoms with Gasteiger partial charge in [-0.2, -0.15) is 5.10 Å². The minimum absolute atomic E-state index is 0.177. The average Bonchev–Trinajstić information content (AvgIpc) is 2.88. The zero-order valence-electron chi connectivity index (χ0n) is 19.1. The molecular formula is C25H24N4O6. The summed E-state index contributed by atoms with van der Waals surface area (Å²) in [7, 11) is 3.05. The number of ether oxygens (including phenoxy) is 3. The topological polar surface area (TPSA) is 127 Å². The van der Waals surface area contributed by atoms with Crippen LogP contribution in [-0.2, 0) is 14.4 Å². The van der Waals surface area contributed by atoms with E-state index in [-0.39, 0.29) is 12.5 Å². The minimum Gasteiger partial charge on any atom is -0.497 e. The highest BCUT2D eigenvalue weighted by Gasteiger charge is 2.13. The van der Waals surface area contributed by atoms with Gasteiger partial charge in [-0.3, -0.25) is 14.4 Å². The fourth-order valence-electron chi connectivity index (χ4n) is 2.80. The fourth-order valence-corrected chi connectivity index (χ4v) is 2.80. The van der Waals surface area contributed by atoms with Gasteiger partial charge in [0.15, 0.2) is 6.61 Å². The van der Waals surface area contributed by atoms with Crippen LogP contribution in [0.25, 0.3) is 0 Å². The monoisotopic (exact) mass is 476 g/mol. The van der Waals surface area contributed by atoms with E-state index < -0.39 is 11.8 Å². The summed E-state index contributed by atoms with van der Waals surface area (Å²) in [5, 5.41) is 8.96. The van der Waals surface area contributed by atoms with Crippen molar-refractivity contribution >= 4 is 35.3 Å². The number of amides is 3. The third-order valence-electron chi connectivity index (χ3n) is 4.52. The molecule has 10 nitrogen and oxygen atoms in total. The summed E-state index contributed by atoms with van der Waals surface area (Å²) in [6.07, 6.45) is 1.37. The largest absolute Gasteiger partial charge is 0.497 e. The summed E-state index contributed by atoms with van der Waals surface area (Å²) in [5.41, 5.74) is 3.82. The highest BCUT2D eigenvalue weighted by atomic mass is 16.5. The number of nitrogens with zero attached hydrogens (tertiary/aromatic N) is 1. The Hall–Kier alpha value is -4.86. The van der Waals surface area contributed by atoms with Gasteiger partial charge in [0.1, 0.15) is 17.2 Å². The fraction of sp³-hybridized carbons (Fsp3) is 0.120. The second kappa shape index (κ2) is 12.4. The Morgan fingerprint density at radius 2 is 1.37 bits per heavy atom. The van der Waals surface area contributed by atoms with Crippen molar-refractivity contribution in [3.8, 4) is 17.2 Å². The van der Waals surface area contributed by atoms with Gasteiger partial charge >= 0.3 is 11.8 Å². The van der Waals surface area contributed by atoms with E-state index in [1.54, 1.807) is 79.9 Å². The van der Waals surface area contributed by atoms with E-state index in [9.17, 15) is 14.4 Å². The lowest BCUT2D eigenvalue weighted by Gasteiger charge is -2.08. The van der Waals surface area contributed by atoms with Crippen molar-refractivity contribution in [3.63, 3.8) is 0 Å². The third kappa shape index (κ3) is 7.90. The third-order valence-corrected chi connectivity index (χ3v) is 4.52. The maximum absolute atomic E-state index is 12.1. The van der Waals surface area contributed by atoms with E-state index >= 15 is 0 Å². The van der Waals surface area contributed by atoms with Crippen molar-refractivity contribution in [2.45, 2.75) is 0 Å². The molecule has 0 radical (unpaired) electrons. The molecule has 0 spiro atoms. The Kier molecular flexibility index (Phi) is 8.78. The molecule has 180 valence electrons. The van der Waals surface area contributed by atoms with Gasteiger partial charge in [0, 0.05) is 23.5 Å². The van der Waals surface area contributed by atoms with Crippen LogP contribution >= 0.6 is 0 Å². The first-order valence-corrected chi connectivity index (χ1v) is 10.4. The van der Waals surface area contributed by atoms with Crippen LogP contribution in [0.1, 0.15) is 5.56 Å². The number of anilines is 2. The second-order valence-electron chi connectivity index (χ2n) is 7.02. The number of nitrogens with one attached hydrogen (secondary N) is 3. The molecule has 3 N–H and O–H groups in total. The number of benzene rings is 3. The van der Waals surface area contributed by atoms with Gasteiger partial charge in [-0.15, -0.1) is 0 Å². The molecule has 0 saturated heterocycles. The molecule has 0 aliphatic rings. The highest BCUT2D eigenvalue weighted by Crippen LogP contribution is 2.17. The average molecular weight is 476 g/mol. The van der Waals surface area contributed by atoms with Gasteiger partial charge in [0.05, 0.1) is 20.4 Å². The van der Waals surface area contributed by atoms with Gasteiger partial charge < -0.3 is 24.8 Å². The molecular weight excluding hydrogens is 452 g/mol. The predicted molar refractivity (Wildman–Crippen MR) is 131 cm³/mol. The minimum atomic E-state index is -0.925. The van der Waals surface area contributed by atoms with Gasteiger partial charge in [-0.1, -0.05) is 12.1 Å². The number of hydrogen-bond donors (Lipinski definition) is 3. The van der Waals surface area contributed by atoms with Crippen LogP contribution in [0.5, 0.6) is 17.2 Å². The van der Waals surface area contributed by atoms with Crippen molar-refractivity contribution in [2.75, 3.05) is 31.5 Å². The first-order valence-electron chi connectivity index (χ1n) is 10.4. The summed E-state index contributed by atoms with van der Waals surface area (Å²) in [6.45, 7) is -0.177. The van der Waals surface area contributed by atoms with Gasteiger partial charge in [-0.05, 0) is 54.1 Å². The van der Waals surface area contributed by atoms with Crippen LogP contribution in [0.2, 0.25) is 0 Å². The molecule has 3 aromatic rings. The van der Waals surface area contributed by atoms with Gasteiger partial charge in [-0.25, -0.2) is 5.43 Å². The molecule has 3 amide bonds. The maximum Gasteiger partial charge on any atom is 0.329 e. The standard InChI is InChI=1S/C25H24N4O6/c1-33-21-7-3-5-18(13-21)27-23(30)16-35-20-11-9-17(10-12-20)15-26-29-25(32)24(31)28-19-6-4-8-22(14-19)34-2/h3-15H,16H2,1-2H3,(H,27,30)(H,28,31)(H,29,32). The van der Waals surface area contributed by atoms with Crippen molar-refractivity contribution < 1.29 is 28.6 Å². The lowest BCUT2D eigenvalue weighted by molar-refractivity contribution is -0.136. The van der Waals surface area contributed by atoms with Crippen molar-refractivity contribution in [1.29, 1.82) is 0 Å². The molecule has 0 unspecified atom stereocenters. The first-order chi connectivity index (χ1) is 17.0. The molecule has 0 heterocycles. The summed E-state index contributed by atoms with van der Waals surface area (Å²) >= 11 is 0.